The van der Waals surface area contributed by atoms with Gasteiger partial charge >= 0.3 is 5.97 Å². The van der Waals surface area contributed by atoms with Gasteiger partial charge in [0.25, 0.3) is 0 Å². The third kappa shape index (κ3) is 3.24. The van der Waals surface area contributed by atoms with Crippen molar-refractivity contribution in [3.8, 4) is 11.8 Å². The molecule has 4 heteroatoms. The molecule has 0 aromatic heterocycles. The highest BCUT2D eigenvalue weighted by Crippen LogP contribution is 2.30. The fourth-order valence-corrected chi connectivity index (χ4v) is 1.69. The number of carbonyl (C=O) groups is 1. The average molecular weight is 247 g/mol. The van der Waals surface area contributed by atoms with E-state index in [2.05, 4.69) is 10.8 Å². The summed E-state index contributed by atoms with van der Waals surface area (Å²) in [6, 6.07) is 9.60. The van der Waals surface area contributed by atoms with Crippen LogP contribution in [0.2, 0.25) is 0 Å². The van der Waals surface area contributed by atoms with E-state index in [1.807, 2.05) is 31.2 Å². The summed E-state index contributed by atoms with van der Waals surface area (Å²) in [5.74, 6) is 0.395. The second kappa shape index (κ2) is 6.06. The number of nitriles is 1. The molecule has 0 N–H and O–H groups in total. The zero-order valence-corrected chi connectivity index (χ0v) is 10.9. The van der Waals surface area contributed by atoms with Gasteiger partial charge in [0.1, 0.15) is 5.75 Å². The Morgan fingerprint density at radius 1 is 1.44 bits per heavy atom. The van der Waals surface area contributed by atoms with Gasteiger partial charge in [0, 0.05) is 6.42 Å². The first-order chi connectivity index (χ1) is 8.55. The van der Waals surface area contributed by atoms with Crippen LogP contribution < -0.4 is 4.74 Å². The van der Waals surface area contributed by atoms with E-state index < -0.39 is 5.41 Å². The lowest BCUT2D eigenvalue weighted by Crippen LogP contribution is -2.21. The second-order valence-corrected chi connectivity index (χ2v) is 4.25. The number of esters is 1. The molecule has 4 nitrogen and oxygen atoms in total. The van der Waals surface area contributed by atoms with Crippen LogP contribution in [0, 0.1) is 11.3 Å². The molecule has 0 radical (unpaired) electrons. The maximum atomic E-state index is 11.2. The first-order valence-corrected chi connectivity index (χ1v) is 5.68. The summed E-state index contributed by atoms with van der Waals surface area (Å²) >= 11 is 0. The number of ether oxygens (including phenoxy) is 2. The zero-order chi connectivity index (χ0) is 13.6. The van der Waals surface area contributed by atoms with E-state index in [-0.39, 0.29) is 12.4 Å². The standard InChI is InChI=1S/C14H17NO3/c1-14(10-15,8-7-13(16)18-3)11-5-4-6-12(9-11)17-2/h4-6,9H,7-8H2,1-3H3. The molecule has 0 spiro atoms. The monoisotopic (exact) mass is 247 g/mol. The van der Waals surface area contributed by atoms with E-state index in [0.29, 0.717) is 12.2 Å². The fraction of sp³-hybridized carbons (Fsp3) is 0.429. The van der Waals surface area contributed by atoms with Crippen molar-refractivity contribution in [1.82, 2.24) is 0 Å². The molecule has 0 bridgehead atoms. The molecule has 18 heavy (non-hydrogen) atoms. The summed E-state index contributed by atoms with van der Waals surface area (Å²) in [6.45, 7) is 1.81. The van der Waals surface area contributed by atoms with E-state index in [1.165, 1.54) is 7.11 Å². The van der Waals surface area contributed by atoms with Crippen molar-refractivity contribution < 1.29 is 14.3 Å². The highest BCUT2D eigenvalue weighted by Gasteiger charge is 2.27. The second-order valence-electron chi connectivity index (χ2n) is 4.25. The summed E-state index contributed by atoms with van der Waals surface area (Å²) in [7, 11) is 2.93. The number of rotatable bonds is 5. The van der Waals surface area contributed by atoms with Gasteiger partial charge < -0.3 is 9.47 Å². The van der Waals surface area contributed by atoms with Crippen LogP contribution >= 0.6 is 0 Å². The Morgan fingerprint density at radius 3 is 2.72 bits per heavy atom. The molecule has 1 atom stereocenters. The minimum Gasteiger partial charge on any atom is -0.497 e. The first kappa shape index (κ1) is 14.0. The Hall–Kier alpha value is -2.02. The van der Waals surface area contributed by atoms with E-state index in [0.717, 1.165) is 5.56 Å². The predicted molar refractivity (Wildman–Crippen MR) is 67.2 cm³/mol. The van der Waals surface area contributed by atoms with Crippen LogP contribution in [0.3, 0.4) is 0 Å². The Bertz CT molecular complexity index is 464. The highest BCUT2D eigenvalue weighted by molar-refractivity contribution is 5.69. The third-order valence-corrected chi connectivity index (χ3v) is 3.01. The van der Waals surface area contributed by atoms with Crippen molar-refractivity contribution in [2.75, 3.05) is 14.2 Å². The van der Waals surface area contributed by atoms with Gasteiger partial charge in [0.2, 0.25) is 0 Å². The lowest BCUT2D eigenvalue weighted by molar-refractivity contribution is -0.140. The SMILES string of the molecule is COC(=O)CCC(C)(C#N)c1cccc(OC)c1. The predicted octanol–water partition coefficient (Wildman–Crippen LogP) is 2.43. The molecular formula is C14H17NO3. The van der Waals surface area contributed by atoms with Gasteiger partial charge in [-0.05, 0) is 31.0 Å². The van der Waals surface area contributed by atoms with Crippen molar-refractivity contribution >= 4 is 5.97 Å². The Morgan fingerprint density at radius 2 is 2.17 bits per heavy atom. The normalized spacial score (nSPS) is 13.2. The molecule has 1 aromatic rings. The maximum Gasteiger partial charge on any atom is 0.305 e. The highest BCUT2D eigenvalue weighted by atomic mass is 16.5. The number of methoxy groups -OCH3 is 2. The minimum absolute atomic E-state index is 0.220. The van der Waals surface area contributed by atoms with E-state index in [9.17, 15) is 10.1 Å². The zero-order valence-electron chi connectivity index (χ0n) is 10.9. The molecule has 0 saturated carbocycles. The van der Waals surface area contributed by atoms with Gasteiger partial charge in [-0.25, -0.2) is 0 Å². The van der Waals surface area contributed by atoms with Gasteiger partial charge in [-0.15, -0.1) is 0 Å². The smallest absolute Gasteiger partial charge is 0.305 e. The lowest BCUT2D eigenvalue weighted by Gasteiger charge is -2.22. The van der Waals surface area contributed by atoms with Gasteiger partial charge in [0.05, 0.1) is 25.7 Å². The molecule has 0 heterocycles. The first-order valence-electron chi connectivity index (χ1n) is 5.68. The maximum absolute atomic E-state index is 11.2. The van der Waals surface area contributed by atoms with Crippen LogP contribution in [0.15, 0.2) is 24.3 Å². The summed E-state index contributed by atoms with van der Waals surface area (Å²) in [4.78, 5) is 11.2. The molecule has 1 unspecified atom stereocenters. The molecule has 1 aromatic carbocycles. The molecule has 1 rings (SSSR count). The molecular weight excluding hydrogens is 230 g/mol. The quantitative estimate of drug-likeness (QED) is 0.750. The number of hydrogen-bond acceptors (Lipinski definition) is 4. The van der Waals surface area contributed by atoms with Crippen LogP contribution in [0.4, 0.5) is 0 Å². The van der Waals surface area contributed by atoms with Crippen LogP contribution in [0.5, 0.6) is 5.75 Å². The molecule has 0 saturated heterocycles. The van der Waals surface area contributed by atoms with E-state index in [4.69, 9.17) is 4.74 Å². The topological polar surface area (TPSA) is 59.3 Å². The van der Waals surface area contributed by atoms with E-state index in [1.54, 1.807) is 7.11 Å². The molecule has 0 aliphatic rings. The number of nitrogens with zero attached hydrogens (tertiary/aromatic N) is 1. The van der Waals surface area contributed by atoms with Crippen molar-refractivity contribution in [2.45, 2.75) is 25.2 Å². The van der Waals surface area contributed by atoms with Crippen LogP contribution in [-0.2, 0) is 14.9 Å². The summed E-state index contributed by atoms with van der Waals surface area (Å²) < 4.78 is 9.74. The van der Waals surface area contributed by atoms with Crippen LogP contribution in [-0.4, -0.2) is 20.2 Å². The molecule has 0 aliphatic carbocycles. The molecule has 0 aliphatic heterocycles. The lowest BCUT2D eigenvalue weighted by atomic mass is 9.80. The van der Waals surface area contributed by atoms with Crippen LogP contribution in [0.1, 0.15) is 25.3 Å². The van der Waals surface area contributed by atoms with Crippen molar-refractivity contribution in [3.05, 3.63) is 29.8 Å². The molecule has 0 amide bonds. The molecule has 0 fully saturated rings. The van der Waals surface area contributed by atoms with Gasteiger partial charge in [-0.2, -0.15) is 5.26 Å². The van der Waals surface area contributed by atoms with Crippen molar-refractivity contribution in [1.29, 1.82) is 5.26 Å². The summed E-state index contributed by atoms with van der Waals surface area (Å²) in [6.07, 6.45) is 0.640. The van der Waals surface area contributed by atoms with Crippen LogP contribution in [0.25, 0.3) is 0 Å². The number of carbonyl (C=O) groups excluding carboxylic acids is 1. The Labute approximate surface area is 107 Å². The van der Waals surface area contributed by atoms with Gasteiger partial charge in [-0.1, -0.05) is 12.1 Å². The Kier molecular flexibility index (Phi) is 4.73. The van der Waals surface area contributed by atoms with Gasteiger partial charge in [0.15, 0.2) is 0 Å². The third-order valence-electron chi connectivity index (χ3n) is 3.01. The summed E-state index contributed by atoms with van der Waals surface area (Å²) in [5.41, 5.74) is 0.121. The van der Waals surface area contributed by atoms with E-state index >= 15 is 0 Å². The number of benzene rings is 1. The average Bonchev–Trinajstić information content (AvgIpc) is 2.44. The van der Waals surface area contributed by atoms with Gasteiger partial charge in [-0.3, -0.25) is 4.79 Å². The van der Waals surface area contributed by atoms with Crippen molar-refractivity contribution in [2.24, 2.45) is 0 Å². The molecule has 96 valence electrons. The minimum atomic E-state index is -0.720. The largest absolute Gasteiger partial charge is 0.497 e. The fourth-order valence-electron chi connectivity index (χ4n) is 1.69. The van der Waals surface area contributed by atoms with Crippen molar-refractivity contribution in [3.63, 3.8) is 0 Å². The summed E-state index contributed by atoms with van der Waals surface area (Å²) in [5, 5.41) is 9.34. The Balaban J connectivity index is 2.92. The number of hydrogen-bond donors (Lipinski definition) is 0.